The molecular weight excluding hydrogens is 202 g/mol. The molecule has 0 saturated carbocycles. The minimum Gasteiger partial charge on any atom is -0.488 e. The van der Waals surface area contributed by atoms with Crippen molar-refractivity contribution in [3.63, 3.8) is 0 Å². The predicted octanol–water partition coefficient (Wildman–Crippen LogP) is 1.06. The summed E-state index contributed by atoms with van der Waals surface area (Å²) in [5.74, 6) is 1.03. The number of fused-ring (bicyclic) bond motifs is 1. The Kier molecular flexibility index (Phi) is 2.58. The summed E-state index contributed by atoms with van der Waals surface area (Å²) >= 11 is 0. The van der Waals surface area contributed by atoms with E-state index in [1.807, 2.05) is 12.1 Å². The fraction of sp³-hybridized carbons (Fsp3) is 0.538. The van der Waals surface area contributed by atoms with Crippen molar-refractivity contribution in [1.82, 2.24) is 4.90 Å². The Bertz CT molecular complexity index is 355. The SMILES string of the molecule is OC1CCN(CC2Cc3ccccc3O2)C1. The Labute approximate surface area is 95.6 Å². The molecule has 0 bridgehead atoms. The molecule has 1 fully saturated rings. The van der Waals surface area contributed by atoms with Gasteiger partial charge in [-0.3, -0.25) is 4.90 Å². The van der Waals surface area contributed by atoms with Gasteiger partial charge in [-0.1, -0.05) is 18.2 Å². The average molecular weight is 219 g/mol. The van der Waals surface area contributed by atoms with Gasteiger partial charge >= 0.3 is 0 Å². The molecule has 1 aromatic carbocycles. The first-order chi connectivity index (χ1) is 7.81. The number of nitrogens with zero attached hydrogens (tertiary/aromatic N) is 1. The number of aliphatic hydroxyl groups is 1. The van der Waals surface area contributed by atoms with E-state index in [9.17, 15) is 5.11 Å². The molecule has 1 N–H and O–H groups in total. The van der Waals surface area contributed by atoms with Crippen LogP contribution >= 0.6 is 0 Å². The van der Waals surface area contributed by atoms with Crippen molar-refractivity contribution in [2.75, 3.05) is 19.6 Å². The minimum absolute atomic E-state index is 0.135. The van der Waals surface area contributed by atoms with Crippen molar-refractivity contribution < 1.29 is 9.84 Å². The van der Waals surface area contributed by atoms with Gasteiger partial charge in [-0.15, -0.1) is 0 Å². The lowest BCUT2D eigenvalue weighted by molar-refractivity contribution is 0.142. The summed E-state index contributed by atoms with van der Waals surface area (Å²) in [5, 5.41) is 9.46. The molecule has 2 heterocycles. The first kappa shape index (κ1) is 10.1. The van der Waals surface area contributed by atoms with Crippen LogP contribution in [0.2, 0.25) is 0 Å². The van der Waals surface area contributed by atoms with Gasteiger partial charge < -0.3 is 9.84 Å². The number of likely N-dealkylation sites (tertiary alicyclic amines) is 1. The number of rotatable bonds is 2. The normalized spacial score (nSPS) is 29.1. The molecule has 2 aliphatic rings. The van der Waals surface area contributed by atoms with Gasteiger partial charge in [0.2, 0.25) is 0 Å². The van der Waals surface area contributed by atoms with Crippen LogP contribution < -0.4 is 4.74 Å². The van der Waals surface area contributed by atoms with E-state index < -0.39 is 0 Å². The maximum absolute atomic E-state index is 9.46. The zero-order valence-electron chi connectivity index (χ0n) is 9.30. The molecule has 2 aliphatic heterocycles. The van der Waals surface area contributed by atoms with Crippen molar-refractivity contribution >= 4 is 0 Å². The molecule has 0 aliphatic carbocycles. The highest BCUT2D eigenvalue weighted by Crippen LogP contribution is 2.28. The Morgan fingerprint density at radius 3 is 3.00 bits per heavy atom. The lowest BCUT2D eigenvalue weighted by Crippen LogP contribution is -2.33. The second-order valence-corrected chi connectivity index (χ2v) is 4.75. The molecular formula is C13H17NO2. The number of hydrogen-bond donors (Lipinski definition) is 1. The molecule has 86 valence electrons. The van der Waals surface area contributed by atoms with E-state index in [2.05, 4.69) is 17.0 Å². The number of aliphatic hydroxyl groups excluding tert-OH is 1. The number of hydrogen-bond acceptors (Lipinski definition) is 3. The molecule has 0 radical (unpaired) electrons. The van der Waals surface area contributed by atoms with E-state index >= 15 is 0 Å². The maximum atomic E-state index is 9.46. The van der Waals surface area contributed by atoms with Gasteiger partial charge in [0.25, 0.3) is 0 Å². The average Bonchev–Trinajstić information content (AvgIpc) is 2.84. The summed E-state index contributed by atoms with van der Waals surface area (Å²) in [6.07, 6.45) is 2.04. The summed E-state index contributed by atoms with van der Waals surface area (Å²) in [6.45, 7) is 2.74. The first-order valence-electron chi connectivity index (χ1n) is 5.96. The zero-order chi connectivity index (χ0) is 11.0. The van der Waals surface area contributed by atoms with Crippen LogP contribution in [0.25, 0.3) is 0 Å². The Hall–Kier alpha value is -1.06. The highest BCUT2D eigenvalue weighted by atomic mass is 16.5. The standard InChI is InChI=1S/C13H17NO2/c15-11-5-6-14(8-11)9-12-7-10-3-1-2-4-13(10)16-12/h1-4,11-12,15H,5-9H2. The van der Waals surface area contributed by atoms with Crippen molar-refractivity contribution in [2.45, 2.75) is 25.0 Å². The van der Waals surface area contributed by atoms with Crippen LogP contribution in [0.1, 0.15) is 12.0 Å². The molecule has 2 atom stereocenters. The summed E-state index contributed by atoms with van der Waals surface area (Å²) in [7, 11) is 0. The number of para-hydroxylation sites is 1. The number of benzene rings is 1. The van der Waals surface area contributed by atoms with E-state index in [0.29, 0.717) is 0 Å². The summed E-state index contributed by atoms with van der Waals surface area (Å²) in [4.78, 5) is 2.29. The van der Waals surface area contributed by atoms with E-state index in [4.69, 9.17) is 4.74 Å². The van der Waals surface area contributed by atoms with Crippen LogP contribution in [-0.4, -0.2) is 41.8 Å². The number of β-amino-alcohol motifs (C(OH)–C–C–N with tert-alkyl or cyclic N) is 1. The smallest absolute Gasteiger partial charge is 0.123 e. The third-order valence-corrected chi connectivity index (χ3v) is 3.42. The van der Waals surface area contributed by atoms with Crippen LogP contribution in [0.4, 0.5) is 0 Å². The van der Waals surface area contributed by atoms with Gasteiger partial charge in [0, 0.05) is 26.1 Å². The van der Waals surface area contributed by atoms with Crippen LogP contribution in [0, 0.1) is 0 Å². The van der Waals surface area contributed by atoms with Crippen molar-refractivity contribution in [3.05, 3.63) is 29.8 Å². The van der Waals surface area contributed by atoms with Gasteiger partial charge in [-0.2, -0.15) is 0 Å². The molecule has 3 rings (SSSR count). The first-order valence-corrected chi connectivity index (χ1v) is 5.96. The maximum Gasteiger partial charge on any atom is 0.123 e. The van der Waals surface area contributed by atoms with Gasteiger partial charge in [0.15, 0.2) is 0 Å². The van der Waals surface area contributed by atoms with Crippen LogP contribution in [-0.2, 0) is 6.42 Å². The van der Waals surface area contributed by atoms with Gasteiger partial charge in [0.05, 0.1) is 6.10 Å². The van der Waals surface area contributed by atoms with E-state index in [1.165, 1.54) is 5.56 Å². The molecule has 1 aromatic rings. The zero-order valence-corrected chi connectivity index (χ0v) is 9.30. The fourth-order valence-electron chi connectivity index (χ4n) is 2.62. The lowest BCUT2D eigenvalue weighted by atomic mass is 10.1. The summed E-state index contributed by atoms with van der Waals surface area (Å²) in [6, 6.07) is 8.24. The highest BCUT2D eigenvalue weighted by Gasteiger charge is 2.27. The Morgan fingerprint density at radius 1 is 1.38 bits per heavy atom. The fourth-order valence-corrected chi connectivity index (χ4v) is 2.62. The van der Waals surface area contributed by atoms with Crippen LogP contribution in [0.5, 0.6) is 5.75 Å². The van der Waals surface area contributed by atoms with Gasteiger partial charge in [-0.05, 0) is 18.1 Å². The molecule has 3 nitrogen and oxygen atoms in total. The third kappa shape index (κ3) is 1.93. The van der Waals surface area contributed by atoms with E-state index in [0.717, 1.165) is 38.2 Å². The van der Waals surface area contributed by atoms with Gasteiger partial charge in [-0.25, -0.2) is 0 Å². The lowest BCUT2D eigenvalue weighted by Gasteiger charge is -2.19. The Morgan fingerprint density at radius 2 is 2.25 bits per heavy atom. The number of ether oxygens (including phenoxy) is 1. The molecule has 0 amide bonds. The molecule has 3 heteroatoms. The van der Waals surface area contributed by atoms with Crippen LogP contribution in [0.15, 0.2) is 24.3 Å². The second kappa shape index (κ2) is 4.07. The van der Waals surface area contributed by atoms with Crippen LogP contribution in [0.3, 0.4) is 0 Å². The second-order valence-electron chi connectivity index (χ2n) is 4.75. The molecule has 0 spiro atoms. The third-order valence-electron chi connectivity index (χ3n) is 3.42. The van der Waals surface area contributed by atoms with Crippen molar-refractivity contribution in [1.29, 1.82) is 0 Å². The molecule has 1 saturated heterocycles. The topological polar surface area (TPSA) is 32.7 Å². The minimum atomic E-state index is -0.135. The Balaban J connectivity index is 1.60. The summed E-state index contributed by atoms with van der Waals surface area (Å²) < 4.78 is 5.88. The van der Waals surface area contributed by atoms with Crippen molar-refractivity contribution in [3.8, 4) is 5.75 Å². The molecule has 16 heavy (non-hydrogen) atoms. The quantitative estimate of drug-likeness (QED) is 0.807. The monoisotopic (exact) mass is 219 g/mol. The van der Waals surface area contributed by atoms with Gasteiger partial charge in [0.1, 0.15) is 11.9 Å². The molecule has 2 unspecified atom stereocenters. The van der Waals surface area contributed by atoms with E-state index in [-0.39, 0.29) is 12.2 Å². The highest BCUT2D eigenvalue weighted by molar-refractivity contribution is 5.37. The molecule has 0 aromatic heterocycles. The summed E-state index contributed by atoms with van der Waals surface area (Å²) in [5.41, 5.74) is 1.31. The largest absolute Gasteiger partial charge is 0.488 e. The predicted molar refractivity (Wildman–Crippen MR) is 61.6 cm³/mol. The van der Waals surface area contributed by atoms with Crippen molar-refractivity contribution in [2.24, 2.45) is 0 Å². The van der Waals surface area contributed by atoms with E-state index in [1.54, 1.807) is 0 Å².